The lowest BCUT2D eigenvalue weighted by Crippen LogP contribution is -2.30. The van der Waals surface area contributed by atoms with Gasteiger partial charge in [0.25, 0.3) is 5.69 Å². The van der Waals surface area contributed by atoms with Gasteiger partial charge >= 0.3 is 0 Å². The van der Waals surface area contributed by atoms with Crippen molar-refractivity contribution in [1.29, 1.82) is 0 Å². The summed E-state index contributed by atoms with van der Waals surface area (Å²) in [6, 6.07) is 12.7. The Kier molecular flexibility index (Phi) is 4.38. The minimum Gasteiger partial charge on any atom is -0.258 e. The Balaban J connectivity index is 1.93. The second kappa shape index (κ2) is 6.33. The first-order valence-corrected chi connectivity index (χ1v) is 9.16. The van der Waals surface area contributed by atoms with Crippen molar-refractivity contribution in [3.63, 3.8) is 0 Å². The molecule has 1 heterocycles. The number of sulfonamides is 1. The molecule has 2 aromatic rings. The second-order valence-corrected chi connectivity index (χ2v) is 7.83. The SMILES string of the molecule is Cc1ccc(C2CCCN2S(=O)(=O)c2ccc([N+](=O)[O-])cc2)cc1. The van der Waals surface area contributed by atoms with Gasteiger partial charge in [0.15, 0.2) is 0 Å². The van der Waals surface area contributed by atoms with Crippen molar-refractivity contribution >= 4 is 15.7 Å². The highest BCUT2D eigenvalue weighted by atomic mass is 32.2. The smallest absolute Gasteiger partial charge is 0.258 e. The molecule has 0 saturated carbocycles. The van der Waals surface area contributed by atoms with Crippen LogP contribution in [-0.4, -0.2) is 24.2 Å². The first kappa shape index (κ1) is 16.6. The first-order chi connectivity index (χ1) is 11.4. The van der Waals surface area contributed by atoms with E-state index < -0.39 is 14.9 Å². The molecule has 0 radical (unpaired) electrons. The van der Waals surface area contributed by atoms with E-state index in [1.54, 1.807) is 0 Å². The molecule has 0 N–H and O–H groups in total. The summed E-state index contributed by atoms with van der Waals surface area (Å²) in [6.07, 6.45) is 1.57. The van der Waals surface area contributed by atoms with Gasteiger partial charge in [-0.15, -0.1) is 0 Å². The van der Waals surface area contributed by atoms with Crippen LogP contribution in [0.2, 0.25) is 0 Å². The number of nitrogens with zero attached hydrogens (tertiary/aromatic N) is 2. The monoisotopic (exact) mass is 346 g/mol. The quantitative estimate of drug-likeness (QED) is 0.627. The Hall–Kier alpha value is -2.25. The zero-order chi connectivity index (χ0) is 17.3. The van der Waals surface area contributed by atoms with E-state index in [1.807, 2.05) is 31.2 Å². The van der Waals surface area contributed by atoms with E-state index in [0.717, 1.165) is 24.0 Å². The maximum atomic E-state index is 12.9. The molecule has 0 spiro atoms. The average molecular weight is 346 g/mol. The van der Waals surface area contributed by atoms with Gasteiger partial charge in [-0.2, -0.15) is 4.31 Å². The molecule has 1 atom stereocenters. The Labute approximate surface area is 140 Å². The molecule has 0 bridgehead atoms. The second-order valence-electron chi connectivity index (χ2n) is 5.94. The molecule has 0 aromatic heterocycles. The lowest BCUT2D eigenvalue weighted by molar-refractivity contribution is -0.384. The molecule has 2 aromatic carbocycles. The number of hydrogen-bond donors (Lipinski definition) is 0. The van der Waals surface area contributed by atoms with Crippen LogP contribution < -0.4 is 0 Å². The summed E-state index contributed by atoms with van der Waals surface area (Å²) >= 11 is 0. The normalized spacial score (nSPS) is 18.6. The Morgan fingerprint density at radius 2 is 1.71 bits per heavy atom. The molecule has 1 fully saturated rings. The highest BCUT2D eigenvalue weighted by Gasteiger charge is 2.36. The molecule has 24 heavy (non-hydrogen) atoms. The van der Waals surface area contributed by atoms with E-state index in [9.17, 15) is 18.5 Å². The van der Waals surface area contributed by atoms with E-state index in [0.29, 0.717) is 6.54 Å². The lowest BCUT2D eigenvalue weighted by Gasteiger charge is -2.24. The number of rotatable bonds is 4. The standard InChI is InChI=1S/C17H18N2O4S/c1-13-4-6-14(7-5-13)17-3-2-12-18(17)24(22,23)16-10-8-15(9-11-16)19(20)21/h4-11,17H,2-3,12H2,1H3. The van der Waals surface area contributed by atoms with Gasteiger partial charge in [-0.05, 0) is 37.5 Å². The topological polar surface area (TPSA) is 80.5 Å². The summed E-state index contributed by atoms with van der Waals surface area (Å²) in [7, 11) is -3.68. The van der Waals surface area contributed by atoms with Crippen molar-refractivity contribution < 1.29 is 13.3 Å². The van der Waals surface area contributed by atoms with E-state index >= 15 is 0 Å². The van der Waals surface area contributed by atoms with Crippen LogP contribution in [0.15, 0.2) is 53.4 Å². The molecular weight excluding hydrogens is 328 g/mol. The molecule has 0 amide bonds. The third-order valence-electron chi connectivity index (χ3n) is 4.32. The fourth-order valence-electron chi connectivity index (χ4n) is 3.02. The van der Waals surface area contributed by atoms with E-state index in [1.165, 1.54) is 28.6 Å². The molecule has 0 aliphatic carbocycles. The Morgan fingerprint density at radius 3 is 2.29 bits per heavy atom. The van der Waals surface area contributed by atoms with Crippen molar-refractivity contribution in [2.75, 3.05) is 6.54 Å². The zero-order valence-corrected chi connectivity index (χ0v) is 14.1. The van der Waals surface area contributed by atoms with Crippen molar-refractivity contribution in [2.24, 2.45) is 0 Å². The number of non-ortho nitro benzene ring substituents is 1. The van der Waals surface area contributed by atoms with Crippen LogP contribution in [-0.2, 0) is 10.0 Å². The Morgan fingerprint density at radius 1 is 1.08 bits per heavy atom. The predicted molar refractivity (Wildman–Crippen MR) is 90.1 cm³/mol. The van der Waals surface area contributed by atoms with Crippen LogP contribution >= 0.6 is 0 Å². The highest BCUT2D eigenvalue weighted by molar-refractivity contribution is 7.89. The Bertz CT molecular complexity index is 845. The van der Waals surface area contributed by atoms with Crippen LogP contribution in [0, 0.1) is 17.0 Å². The fourth-order valence-corrected chi connectivity index (χ4v) is 4.71. The molecule has 1 unspecified atom stereocenters. The van der Waals surface area contributed by atoms with Crippen LogP contribution in [0.5, 0.6) is 0 Å². The summed E-state index contributed by atoms with van der Waals surface area (Å²) < 4.78 is 27.3. The van der Waals surface area contributed by atoms with E-state index in [-0.39, 0.29) is 16.6 Å². The molecule has 1 saturated heterocycles. The number of nitro benzene ring substituents is 1. The third kappa shape index (κ3) is 3.05. The summed E-state index contributed by atoms with van der Waals surface area (Å²) in [4.78, 5) is 10.3. The van der Waals surface area contributed by atoms with Crippen LogP contribution in [0.4, 0.5) is 5.69 Å². The average Bonchev–Trinajstić information content (AvgIpc) is 3.06. The minimum absolute atomic E-state index is 0.0899. The van der Waals surface area contributed by atoms with Gasteiger partial charge in [0.2, 0.25) is 10.0 Å². The van der Waals surface area contributed by atoms with E-state index in [4.69, 9.17) is 0 Å². The molecule has 6 nitrogen and oxygen atoms in total. The number of benzene rings is 2. The van der Waals surface area contributed by atoms with Crippen LogP contribution in [0.25, 0.3) is 0 Å². The van der Waals surface area contributed by atoms with Gasteiger partial charge in [-0.25, -0.2) is 8.42 Å². The van der Waals surface area contributed by atoms with Crippen molar-refractivity contribution in [2.45, 2.75) is 30.7 Å². The van der Waals surface area contributed by atoms with Crippen LogP contribution in [0.3, 0.4) is 0 Å². The number of aryl methyl sites for hydroxylation is 1. The molecule has 1 aliphatic rings. The molecule has 1 aliphatic heterocycles. The molecule has 126 valence electrons. The van der Waals surface area contributed by atoms with Gasteiger partial charge in [0.1, 0.15) is 0 Å². The lowest BCUT2D eigenvalue weighted by atomic mass is 10.0. The van der Waals surface area contributed by atoms with Crippen LogP contribution in [0.1, 0.15) is 30.0 Å². The fraction of sp³-hybridized carbons (Fsp3) is 0.294. The van der Waals surface area contributed by atoms with Gasteiger partial charge in [0.05, 0.1) is 15.9 Å². The van der Waals surface area contributed by atoms with Gasteiger partial charge in [-0.1, -0.05) is 29.8 Å². The maximum Gasteiger partial charge on any atom is 0.269 e. The minimum atomic E-state index is -3.68. The number of nitro groups is 1. The van der Waals surface area contributed by atoms with Gasteiger partial charge in [-0.3, -0.25) is 10.1 Å². The molecule has 3 rings (SSSR count). The summed E-state index contributed by atoms with van der Waals surface area (Å²) in [5.74, 6) is 0. The third-order valence-corrected chi connectivity index (χ3v) is 6.24. The molecule has 7 heteroatoms. The molecular formula is C17H18N2O4S. The largest absolute Gasteiger partial charge is 0.269 e. The first-order valence-electron chi connectivity index (χ1n) is 7.72. The predicted octanol–water partition coefficient (Wildman–Crippen LogP) is 3.43. The summed E-state index contributed by atoms with van der Waals surface area (Å²) in [5.41, 5.74) is 1.98. The highest BCUT2D eigenvalue weighted by Crippen LogP contribution is 2.36. The number of hydrogen-bond acceptors (Lipinski definition) is 4. The van der Waals surface area contributed by atoms with Crippen molar-refractivity contribution in [1.82, 2.24) is 4.31 Å². The van der Waals surface area contributed by atoms with Gasteiger partial charge < -0.3 is 0 Å². The van der Waals surface area contributed by atoms with Crippen molar-refractivity contribution in [3.8, 4) is 0 Å². The summed E-state index contributed by atoms with van der Waals surface area (Å²) in [5, 5.41) is 10.7. The zero-order valence-electron chi connectivity index (χ0n) is 13.3. The van der Waals surface area contributed by atoms with Crippen molar-refractivity contribution in [3.05, 3.63) is 69.8 Å². The van der Waals surface area contributed by atoms with Gasteiger partial charge in [0, 0.05) is 18.7 Å². The summed E-state index contributed by atoms with van der Waals surface area (Å²) in [6.45, 7) is 2.45. The van der Waals surface area contributed by atoms with E-state index in [2.05, 4.69) is 0 Å². The maximum absolute atomic E-state index is 12.9.